The summed E-state index contributed by atoms with van der Waals surface area (Å²) < 4.78 is 6.80. The van der Waals surface area contributed by atoms with Crippen LogP contribution in [0.4, 0.5) is 0 Å². The van der Waals surface area contributed by atoms with E-state index in [1.165, 1.54) is 0 Å². The molecule has 5 nitrogen and oxygen atoms in total. The Morgan fingerprint density at radius 1 is 1.47 bits per heavy atom. The summed E-state index contributed by atoms with van der Waals surface area (Å²) in [5, 5.41) is 7.45. The van der Waals surface area contributed by atoms with Gasteiger partial charge in [0.05, 0.1) is 11.8 Å². The second kappa shape index (κ2) is 5.82. The van der Waals surface area contributed by atoms with Crippen molar-refractivity contribution in [2.24, 2.45) is 0 Å². The fourth-order valence-electron chi connectivity index (χ4n) is 1.74. The molecule has 0 aromatic carbocycles. The molecule has 0 saturated carbocycles. The standard InChI is InChI=1S/C12H21N3O2/c1-8(2)17-12(16)7-15-10(4)11(6-13-5)9(3)14-15/h8,13H,6-7H2,1-5H3. The number of nitrogens with zero attached hydrogens (tertiary/aromatic N) is 2. The minimum Gasteiger partial charge on any atom is -0.462 e. The number of carbonyl (C=O) groups excluding carboxylic acids is 1. The third kappa shape index (κ3) is 3.56. The van der Waals surface area contributed by atoms with Gasteiger partial charge in [-0.25, -0.2) is 0 Å². The predicted octanol–water partition coefficient (Wildman–Crippen LogP) is 1.17. The Kier molecular flexibility index (Phi) is 4.69. The molecule has 0 aliphatic carbocycles. The van der Waals surface area contributed by atoms with Crippen molar-refractivity contribution in [2.75, 3.05) is 7.05 Å². The van der Waals surface area contributed by atoms with Crippen molar-refractivity contribution in [1.82, 2.24) is 15.1 Å². The molecule has 0 aliphatic heterocycles. The van der Waals surface area contributed by atoms with Crippen LogP contribution in [0.3, 0.4) is 0 Å². The summed E-state index contributed by atoms with van der Waals surface area (Å²) in [5.74, 6) is -0.249. The normalized spacial score (nSPS) is 10.9. The molecular weight excluding hydrogens is 218 g/mol. The zero-order chi connectivity index (χ0) is 13.0. The first kappa shape index (κ1) is 13.7. The van der Waals surface area contributed by atoms with Crippen LogP contribution in [0.15, 0.2) is 0 Å². The van der Waals surface area contributed by atoms with E-state index < -0.39 is 0 Å². The van der Waals surface area contributed by atoms with E-state index in [1.807, 2.05) is 34.7 Å². The first-order chi connectivity index (χ1) is 7.95. The van der Waals surface area contributed by atoms with Crippen LogP contribution in [0.2, 0.25) is 0 Å². The second-order valence-corrected chi connectivity index (χ2v) is 4.38. The SMILES string of the molecule is CNCc1c(C)nn(CC(=O)OC(C)C)c1C. The van der Waals surface area contributed by atoms with Crippen LogP contribution in [0.25, 0.3) is 0 Å². The summed E-state index contributed by atoms with van der Waals surface area (Å²) in [7, 11) is 1.89. The Morgan fingerprint density at radius 2 is 2.12 bits per heavy atom. The molecule has 0 amide bonds. The molecular formula is C12H21N3O2. The molecule has 0 bridgehead atoms. The maximum absolute atomic E-state index is 11.6. The van der Waals surface area contributed by atoms with Crippen molar-refractivity contribution >= 4 is 5.97 Å². The van der Waals surface area contributed by atoms with Crippen LogP contribution in [0.5, 0.6) is 0 Å². The van der Waals surface area contributed by atoms with E-state index in [4.69, 9.17) is 4.74 Å². The summed E-state index contributed by atoms with van der Waals surface area (Å²) in [4.78, 5) is 11.6. The van der Waals surface area contributed by atoms with Gasteiger partial charge in [0.25, 0.3) is 0 Å². The smallest absolute Gasteiger partial charge is 0.328 e. The lowest BCUT2D eigenvalue weighted by Gasteiger charge is -2.09. The molecule has 1 N–H and O–H groups in total. The van der Waals surface area contributed by atoms with Gasteiger partial charge < -0.3 is 10.1 Å². The monoisotopic (exact) mass is 239 g/mol. The number of aromatic nitrogens is 2. The number of nitrogens with one attached hydrogen (secondary N) is 1. The summed E-state index contributed by atoms with van der Waals surface area (Å²) in [6.07, 6.45) is -0.0868. The number of aryl methyl sites for hydroxylation is 1. The molecule has 5 heteroatoms. The highest BCUT2D eigenvalue weighted by molar-refractivity contribution is 5.69. The lowest BCUT2D eigenvalue weighted by atomic mass is 10.2. The molecule has 0 aliphatic rings. The van der Waals surface area contributed by atoms with E-state index in [0.717, 1.165) is 23.5 Å². The van der Waals surface area contributed by atoms with Gasteiger partial charge >= 0.3 is 5.97 Å². The minimum atomic E-state index is -0.249. The molecule has 1 rings (SSSR count). The molecule has 96 valence electrons. The van der Waals surface area contributed by atoms with Gasteiger partial charge in [0, 0.05) is 17.8 Å². The summed E-state index contributed by atoms with van der Waals surface area (Å²) in [6.45, 7) is 8.53. The maximum Gasteiger partial charge on any atom is 0.328 e. The van der Waals surface area contributed by atoms with Crippen molar-refractivity contribution in [3.8, 4) is 0 Å². The highest BCUT2D eigenvalue weighted by atomic mass is 16.5. The van der Waals surface area contributed by atoms with Gasteiger partial charge in [-0.1, -0.05) is 0 Å². The Morgan fingerprint density at radius 3 is 2.65 bits per heavy atom. The molecule has 0 unspecified atom stereocenters. The average Bonchev–Trinajstić information content (AvgIpc) is 2.45. The predicted molar refractivity (Wildman–Crippen MR) is 65.7 cm³/mol. The van der Waals surface area contributed by atoms with Crippen LogP contribution in [0.1, 0.15) is 30.8 Å². The third-order valence-electron chi connectivity index (χ3n) is 2.53. The van der Waals surface area contributed by atoms with Crippen LogP contribution < -0.4 is 5.32 Å². The summed E-state index contributed by atoms with van der Waals surface area (Å²) in [6, 6.07) is 0. The lowest BCUT2D eigenvalue weighted by molar-refractivity contribution is -0.148. The average molecular weight is 239 g/mol. The topological polar surface area (TPSA) is 56.2 Å². The number of hydrogen-bond acceptors (Lipinski definition) is 4. The molecule has 0 atom stereocenters. The highest BCUT2D eigenvalue weighted by Gasteiger charge is 2.14. The fourth-order valence-corrected chi connectivity index (χ4v) is 1.74. The quantitative estimate of drug-likeness (QED) is 0.784. The number of rotatable bonds is 5. The Hall–Kier alpha value is -1.36. The minimum absolute atomic E-state index is 0.0868. The van der Waals surface area contributed by atoms with E-state index >= 15 is 0 Å². The van der Waals surface area contributed by atoms with Crippen LogP contribution in [-0.2, 0) is 22.6 Å². The molecule has 1 aromatic heterocycles. The largest absolute Gasteiger partial charge is 0.462 e. The molecule has 0 saturated heterocycles. The molecule has 1 aromatic rings. The van der Waals surface area contributed by atoms with Gasteiger partial charge in [-0.3, -0.25) is 9.48 Å². The molecule has 0 radical (unpaired) electrons. The van der Waals surface area contributed by atoms with Gasteiger partial charge in [-0.2, -0.15) is 5.10 Å². The third-order valence-corrected chi connectivity index (χ3v) is 2.53. The molecule has 1 heterocycles. The molecule has 0 spiro atoms. The fraction of sp³-hybridized carbons (Fsp3) is 0.667. The lowest BCUT2D eigenvalue weighted by Crippen LogP contribution is -2.19. The van der Waals surface area contributed by atoms with E-state index in [-0.39, 0.29) is 18.6 Å². The Labute approximate surface area is 102 Å². The van der Waals surface area contributed by atoms with E-state index in [9.17, 15) is 4.79 Å². The van der Waals surface area contributed by atoms with Crippen molar-refractivity contribution in [3.63, 3.8) is 0 Å². The van der Waals surface area contributed by atoms with Crippen molar-refractivity contribution in [1.29, 1.82) is 0 Å². The summed E-state index contributed by atoms with van der Waals surface area (Å²) in [5.41, 5.74) is 3.11. The van der Waals surface area contributed by atoms with Crippen LogP contribution in [0, 0.1) is 13.8 Å². The van der Waals surface area contributed by atoms with E-state index in [2.05, 4.69) is 10.4 Å². The van der Waals surface area contributed by atoms with Crippen LogP contribution in [-0.4, -0.2) is 28.9 Å². The van der Waals surface area contributed by atoms with Crippen LogP contribution >= 0.6 is 0 Å². The van der Waals surface area contributed by atoms with Gasteiger partial charge in [0.2, 0.25) is 0 Å². The molecule has 17 heavy (non-hydrogen) atoms. The second-order valence-electron chi connectivity index (χ2n) is 4.38. The zero-order valence-corrected chi connectivity index (χ0v) is 11.2. The summed E-state index contributed by atoms with van der Waals surface area (Å²) >= 11 is 0. The first-order valence-corrected chi connectivity index (χ1v) is 5.82. The zero-order valence-electron chi connectivity index (χ0n) is 11.2. The van der Waals surface area contributed by atoms with Gasteiger partial charge in [-0.15, -0.1) is 0 Å². The van der Waals surface area contributed by atoms with Crippen molar-refractivity contribution < 1.29 is 9.53 Å². The van der Waals surface area contributed by atoms with Crippen molar-refractivity contribution in [2.45, 2.75) is 46.9 Å². The molecule has 0 fully saturated rings. The van der Waals surface area contributed by atoms with Crippen molar-refractivity contribution in [3.05, 3.63) is 17.0 Å². The number of carbonyl (C=O) groups is 1. The Bertz CT molecular complexity index is 397. The number of ether oxygens (including phenoxy) is 1. The van der Waals surface area contributed by atoms with Gasteiger partial charge in [0.1, 0.15) is 6.54 Å². The van der Waals surface area contributed by atoms with Gasteiger partial charge in [0.15, 0.2) is 0 Å². The Balaban J connectivity index is 2.78. The maximum atomic E-state index is 11.6. The highest BCUT2D eigenvalue weighted by Crippen LogP contribution is 2.12. The number of hydrogen-bond donors (Lipinski definition) is 1. The van der Waals surface area contributed by atoms with E-state index in [1.54, 1.807) is 4.68 Å². The van der Waals surface area contributed by atoms with Gasteiger partial charge in [-0.05, 0) is 34.7 Å². The first-order valence-electron chi connectivity index (χ1n) is 5.82. The van der Waals surface area contributed by atoms with E-state index in [0.29, 0.717) is 0 Å². The number of esters is 1.